The van der Waals surface area contributed by atoms with E-state index in [1.54, 1.807) is 6.07 Å². The number of benzene rings is 2. The van der Waals surface area contributed by atoms with Crippen LogP contribution in [-0.4, -0.2) is 13.3 Å². The number of nitro groups is 1. The smallest absolute Gasteiger partial charge is 0.270 e. The summed E-state index contributed by atoms with van der Waals surface area (Å²) < 4.78 is 37.2. The lowest BCUT2D eigenvalue weighted by molar-refractivity contribution is -0.385. The highest BCUT2D eigenvalue weighted by atomic mass is 32.2. The maximum atomic E-state index is 13.6. The quantitative estimate of drug-likeness (QED) is 0.638. The third-order valence-corrected chi connectivity index (χ3v) is 5.19. The molecule has 1 aliphatic rings. The maximum Gasteiger partial charge on any atom is 0.270 e. The second-order valence-electron chi connectivity index (χ2n) is 5.91. The monoisotopic (exact) mass is 365 g/mol. The number of aryl methyl sites for hydroxylation is 1. The van der Waals surface area contributed by atoms with Gasteiger partial charge in [0.05, 0.1) is 16.7 Å². The van der Waals surface area contributed by atoms with Crippen LogP contribution in [0, 0.1) is 15.9 Å². The lowest BCUT2D eigenvalue weighted by Crippen LogP contribution is -2.21. The standard InChI is InChI=1S/C16H16FN3O4S/c17-11-5-4-10-2-1-3-14(13(10)8-11)19-15-7-6-12(20(21)22)9-16(15)25(18,23)24/h4-9,14,19H,1-3H2,(H2,18,23,24). The van der Waals surface area contributed by atoms with Crippen molar-refractivity contribution in [2.24, 2.45) is 5.14 Å². The van der Waals surface area contributed by atoms with Crippen molar-refractivity contribution in [1.82, 2.24) is 0 Å². The van der Waals surface area contributed by atoms with Gasteiger partial charge in [-0.2, -0.15) is 0 Å². The summed E-state index contributed by atoms with van der Waals surface area (Å²) in [6.45, 7) is 0. The molecular weight excluding hydrogens is 349 g/mol. The van der Waals surface area contributed by atoms with Crippen LogP contribution in [0.25, 0.3) is 0 Å². The Kier molecular flexibility index (Phi) is 4.44. The van der Waals surface area contributed by atoms with E-state index in [0.717, 1.165) is 30.0 Å². The zero-order valence-electron chi connectivity index (χ0n) is 13.1. The van der Waals surface area contributed by atoms with Crippen molar-refractivity contribution in [3.8, 4) is 0 Å². The van der Waals surface area contributed by atoms with Gasteiger partial charge in [0.25, 0.3) is 5.69 Å². The van der Waals surface area contributed by atoms with E-state index in [2.05, 4.69) is 5.32 Å². The van der Waals surface area contributed by atoms with Crippen LogP contribution in [0.4, 0.5) is 15.8 Å². The van der Waals surface area contributed by atoms with Crippen LogP contribution in [-0.2, 0) is 16.4 Å². The second-order valence-corrected chi connectivity index (χ2v) is 7.44. The van der Waals surface area contributed by atoms with Gasteiger partial charge < -0.3 is 5.32 Å². The molecule has 9 heteroatoms. The largest absolute Gasteiger partial charge is 0.377 e. The molecule has 0 fully saturated rings. The highest BCUT2D eigenvalue weighted by molar-refractivity contribution is 7.89. The third-order valence-electron chi connectivity index (χ3n) is 4.23. The molecule has 1 aliphatic carbocycles. The van der Waals surface area contributed by atoms with Crippen LogP contribution >= 0.6 is 0 Å². The molecule has 0 bridgehead atoms. The zero-order chi connectivity index (χ0) is 18.2. The van der Waals surface area contributed by atoms with Crippen molar-refractivity contribution in [2.75, 3.05) is 5.32 Å². The maximum absolute atomic E-state index is 13.6. The first-order chi connectivity index (χ1) is 11.8. The fourth-order valence-electron chi connectivity index (χ4n) is 3.09. The van der Waals surface area contributed by atoms with Crippen molar-refractivity contribution < 1.29 is 17.7 Å². The van der Waals surface area contributed by atoms with E-state index in [1.165, 1.54) is 24.3 Å². The van der Waals surface area contributed by atoms with Crippen molar-refractivity contribution in [3.05, 3.63) is 63.5 Å². The molecule has 0 amide bonds. The zero-order valence-corrected chi connectivity index (χ0v) is 13.9. The molecule has 2 aromatic carbocycles. The van der Waals surface area contributed by atoms with Gasteiger partial charge in [0, 0.05) is 12.1 Å². The van der Waals surface area contributed by atoms with Crippen LogP contribution in [0.15, 0.2) is 41.3 Å². The predicted octanol–water partition coefficient (Wildman–Crippen LogP) is 2.87. The van der Waals surface area contributed by atoms with Crippen LogP contribution in [0.2, 0.25) is 0 Å². The Labute approximate surface area is 143 Å². The van der Waals surface area contributed by atoms with Gasteiger partial charge in [0.15, 0.2) is 0 Å². The molecule has 0 saturated carbocycles. The number of nitrogens with two attached hydrogens (primary N) is 1. The summed E-state index contributed by atoms with van der Waals surface area (Å²) in [5, 5.41) is 19.1. The number of hydrogen-bond donors (Lipinski definition) is 2. The average Bonchev–Trinajstić information content (AvgIpc) is 2.54. The van der Waals surface area contributed by atoms with Gasteiger partial charge in [-0.15, -0.1) is 0 Å². The van der Waals surface area contributed by atoms with Gasteiger partial charge in [0.2, 0.25) is 10.0 Å². The number of non-ortho nitro benzene ring substituents is 1. The third kappa shape index (κ3) is 3.62. The van der Waals surface area contributed by atoms with E-state index in [1.807, 2.05) is 0 Å². The number of nitrogens with one attached hydrogen (secondary N) is 1. The highest BCUT2D eigenvalue weighted by Crippen LogP contribution is 2.35. The number of primary sulfonamides is 1. The number of hydrogen-bond acceptors (Lipinski definition) is 5. The Hall–Kier alpha value is -2.52. The number of nitro benzene ring substituents is 1. The first-order valence-corrected chi connectivity index (χ1v) is 9.16. The number of halogens is 1. The van der Waals surface area contributed by atoms with Gasteiger partial charge >= 0.3 is 0 Å². The van der Waals surface area contributed by atoms with E-state index >= 15 is 0 Å². The topological polar surface area (TPSA) is 115 Å². The lowest BCUT2D eigenvalue weighted by Gasteiger charge is -2.28. The van der Waals surface area contributed by atoms with E-state index in [-0.39, 0.29) is 28.1 Å². The number of anilines is 1. The summed E-state index contributed by atoms with van der Waals surface area (Å²) in [7, 11) is -4.17. The Morgan fingerprint density at radius 1 is 1.24 bits per heavy atom. The van der Waals surface area contributed by atoms with Gasteiger partial charge in [-0.1, -0.05) is 6.07 Å². The lowest BCUT2D eigenvalue weighted by atomic mass is 9.87. The molecule has 0 saturated heterocycles. The number of nitrogens with zero attached hydrogens (tertiary/aromatic N) is 1. The van der Waals surface area contributed by atoms with E-state index in [9.17, 15) is 22.9 Å². The summed E-state index contributed by atoms with van der Waals surface area (Å²) in [6, 6.07) is 7.66. The van der Waals surface area contributed by atoms with Crippen LogP contribution in [0.5, 0.6) is 0 Å². The number of sulfonamides is 1. The van der Waals surface area contributed by atoms with E-state index < -0.39 is 14.9 Å². The second kappa shape index (κ2) is 6.41. The van der Waals surface area contributed by atoms with Crippen LogP contribution in [0.3, 0.4) is 0 Å². The molecule has 0 aliphatic heterocycles. The van der Waals surface area contributed by atoms with Gasteiger partial charge in [-0.25, -0.2) is 17.9 Å². The Morgan fingerprint density at radius 3 is 2.68 bits per heavy atom. The normalized spacial score (nSPS) is 17.0. The fraction of sp³-hybridized carbons (Fsp3) is 0.250. The molecule has 0 radical (unpaired) electrons. The molecule has 3 N–H and O–H groups in total. The first kappa shape index (κ1) is 17.3. The number of rotatable bonds is 4. The SMILES string of the molecule is NS(=O)(=O)c1cc([N+](=O)[O-])ccc1NC1CCCc2ccc(F)cc21. The molecule has 1 unspecified atom stereocenters. The van der Waals surface area contributed by atoms with Crippen molar-refractivity contribution >= 4 is 21.4 Å². The molecule has 0 spiro atoms. The van der Waals surface area contributed by atoms with Crippen LogP contribution < -0.4 is 10.5 Å². The molecule has 2 aromatic rings. The predicted molar refractivity (Wildman–Crippen MR) is 90.2 cm³/mol. The van der Waals surface area contributed by atoms with Gasteiger partial charge in [-0.05, 0) is 48.6 Å². The molecule has 25 heavy (non-hydrogen) atoms. The molecule has 1 atom stereocenters. The summed E-state index contributed by atoms with van der Waals surface area (Å²) in [4.78, 5) is 9.84. The van der Waals surface area contributed by atoms with E-state index in [4.69, 9.17) is 5.14 Å². The first-order valence-electron chi connectivity index (χ1n) is 7.62. The minimum Gasteiger partial charge on any atom is -0.377 e. The van der Waals surface area contributed by atoms with E-state index in [0.29, 0.717) is 6.42 Å². The summed E-state index contributed by atoms with van der Waals surface area (Å²) in [5.41, 5.74) is 1.54. The summed E-state index contributed by atoms with van der Waals surface area (Å²) >= 11 is 0. The Balaban J connectivity index is 2.02. The molecule has 7 nitrogen and oxygen atoms in total. The summed E-state index contributed by atoms with van der Waals surface area (Å²) in [5.74, 6) is -0.372. The van der Waals surface area contributed by atoms with Crippen LogP contribution in [0.1, 0.15) is 30.0 Å². The molecule has 0 aromatic heterocycles. The summed E-state index contributed by atoms with van der Waals surface area (Å²) in [6.07, 6.45) is 2.35. The van der Waals surface area contributed by atoms with Gasteiger partial charge in [0.1, 0.15) is 10.7 Å². The Morgan fingerprint density at radius 2 is 2.00 bits per heavy atom. The number of fused-ring (bicyclic) bond motifs is 1. The molecule has 0 heterocycles. The average molecular weight is 365 g/mol. The molecule has 132 valence electrons. The molecule has 3 rings (SSSR count). The van der Waals surface area contributed by atoms with Crippen molar-refractivity contribution in [3.63, 3.8) is 0 Å². The Bertz CT molecular complexity index is 946. The highest BCUT2D eigenvalue weighted by Gasteiger charge is 2.24. The minimum atomic E-state index is -4.17. The fourth-order valence-corrected chi connectivity index (χ4v) is 3.81. The minimum absolute atomic E-state index is 0.162. The molecular formula is C16H16FN3O4S. The van der Waals surface area contributed by atoms with Crippen molar-refractivity contribution in [2.45, 2.75) is 30.2 Å². The van der Waals surface area contributed by atoms with Gasteiger partial charge in [-0.3, -0.25) is 10.1 Å². The van der Waals surface area contributed by atoms with Crippen molar-refractivity contribution in [1.29, 1.82) is 0 Å².